The molecule has 0 atom stereocenters. The van der Waals surface area contributed by atoms with Gasteiger partial charge < -0.3 is 4.98 Å². The largest absolute Gasteiger partial charge is 0.374 e. The number of aromatic nitrogens is 2. The molecule has 0 bridgehead atoms. The lowest BCUT2D eigenvalue weighted by Gasteiger charge is -2.08. The first-order valence-corrected chi connectivity index (χ1v) is 5.89. The highest BCUT2D eigenvalue weighted by Crippen LogP contribution is 2.18. The number of nitrogens with one attached hydrogen (secondary N) is 2. The number of H-pyrrole nitrogens is 1. The lowest BCUT2D eigenvalue weighted by molar-refractivity contribution is 0.225. The van der Waals surface area contributed by atoms with Gasteiger partial charge in [0.2, 0.25) is 0 Å². The highest BCUT2D eigenvalue weighted by molar-refractivity contribution is 7.99. The summed E-state index contributed by atoms with van der Waals surface area (Å²) in [4.78, 5) is 18.9. The molecule has 0 aliphatic rings. The van der Waals surface area contributed by atoms with Gasteiger partial charge in [-0.2, -0.15) is 10.8 Å². The molecule has 90 valence electrons. The monoisotopic (exact) mass is 252 g/mol. The van der Waals surface area contributed by atoms with Crippen LogP contribution in [0.2, 0.25) is 0 Å². The number of carbonyl (C=O) groups excluding carboxylic acids is 1. The number of aryl methyl sites for hydroxylation is 1. The van der Waals surface area contributed by atoms with Gasteiger partial charge >= 0.3 is 6.03 Å². The fraction of sp³-hybridized carbons (Fsp3) is 0.444. The predicted molar refractivity (Wildman–Crippen MR) is 61.5 cm³/mol. The van der Waals surface area contributed by atoms with Crippen molar-refractivity contribution in [2.45, 2.75) is 18.4 Å². The molecule has 1 heterocycles. The van der Waals surface area contributed by atoms with Crippen LogP contribution in [0.15, 0.2) is 16.5 Å². The van der Waals surface area contributed by atoms with Crippen LogP contribution in [0.1, 0.15) is 12.1 Å². The quantitative estimate of drug-likeness (QED) is 0.275. The average Bonchev–Trinajstić information content (AvgIpc) is 2.74. The Balaban J connectivity index is 2.29. The Morgan fingerprint density at radius 2 is 2.59 bits per heavy atom. The summed E-state index contributed by atoms with van der Waals surface area (Å²) in [6, 6.07) is -0.826. The van der Waals surface area contributed by atoms with E-state index in [0.717, 1.165) is 21.4 Å². The standard InChI is InChI=1S/C9H12N6OS/c1-7-8(13-6-12-7)17-4-2-3-15(5-10)9(16)14-11/h6,11H,2-4H2,1H3,(H,12,13). The molecule has 0 radical (unpaired) electrons. The first kappa shape index (κ1) is 13.2. The zero-order valence-corrected chi connectivity index (χ0v) is 10.1. The van der Waals surface area contributed by atoms with Crippen LogP contribution in [-0.4, -0.2) is 33.2 Å². The van der Waals surface area contributed by atoms with Crippen molar-refractivity contribution in [3.8, 4) is 6.19 Å². The third kappa shape index (κ3) is 3.88. The number of carbonyl (C=O) groups is 1. The maximum Gasteiger partial charge on any atom is 0.374 e. The van der Waals surface area contributed by atoms with Crippen molar-refractivity contribution in [2.75, 3.05) is 12.3 Å². The van der Waals surface area contributed by atoms with Gasteiger partial charge in [-0.25, -0.2) is 14.7 Å². The number of urea groups is 1. The van der Waals surface area contributed by atoms with Crippen molar-refractivity contribution in [1.29, 1.82) is 10.8 Å². The van der Waals surface area contributed by atoms with Gasteiger partial charge in [0.15, 0.2) is 6.19 Å². The molecule has 1 aromatic heterocycles. The molecule has 0 aromatic carbocycles. The second-order valence-electron chi connectivity index (χ2n) is 3.18. The van der Waals surface area contributed by atoms with Crippen LogP contribution < -0.4 is 0 Å². The Bertz CT molecular complexity index is 437. The van der Waals surface area contributed by atoms with Gasteiger partial charge in [-0.3, -0.25) is 0 Å². The van der Waals surface area contributed by atoms with Gasteiger partial charge in [0, 0.05) is 18.0 Å². The van der Waals surface area contributed by atoms with Gasteiger partial charge in [0.25, 0.3) is 0 Å². The molecule has 2 amide bonds. The number of thioether (sulfide) groups is 1. The van der Waals surface area contributed by atoms with Crippen molar-refractivity contribution < 1.29 is 4.79 Å². The maximum absolute atomic E-state index is 10.9. The molecule has 8 heteroatoms. The van der Waals surface area contributed by atoms with Crippen molar-refractivity contribution in [3.63, 3.8) is 0 Å². The number of nitriles is 1. The van der Waals surface area contributed by atoms with Gasteiger partial charge in [-0.05, 0) is 13.3 Å². The van der Waals surface area contributed by atoms with E-state index >= 15 is 0 Å². The molecule has 0 saturated heterocycles. The zero-order valence-electron chi connectivity index (χ0n) is 9.30. The Hall–Kier alpha value is -1.88. The summed E-state index contributed by atoms with van der Waals surface area (Å²) in [7, 11) is 0. The highest BCUT2D eigenvalue weighted by Gasteiger charge is 2.11. The molecule has 1 aromatic rings. The third-order valence-corrected chi connectivity index (χ3v) is 3.17. The van der Waals surface area contributed by atoms with Crippen molar-refractivity contribution in [1.82, 2.24) is 14.9 Å². The van der Waals surface area contributed by atoms with Crippen LogP contribution in [0, 0.1) is 23.9 Å². The second-order valence-corrected chi connectivity index (χ2v) is 4.26. The Morgan fingerprint density at radius 1 is 1.82 bits per heavy atom. The van der Waals surface area contributed by atoms with Gasteiger partial charge in [-0.1, -0.05) is 5.11 Å². The first-order chi connectivity index (χ1) is 8.19. The Kier molecular flexibility index (Phi) is 5.16. The van der Waals surface area contributed by atoms with E-state index in [1.54, 1.807) is 24.3 Å². The topological polar surface area (TPSA) is 109 Å². The second kappa shape index (κ2) is 6.65. The Morgan fingerprint density at radius 3 is 3.12 bits per heavy atom. The summed E-state index contributed by atoms with van der Waals surface area (Å²) in [5.41, 5.74) is 7.53. The molecule has 0 aliphatic carbocycles. The SMILES string of the molecule is Cc1[nH]cnc1SCCCN(C#N)C(=O)N=N. The summed E-state index contributed by atoms with van der Waals surface area (Å²) in [5, 5.41) is 12.3. The van der Waals surface area contributed by atoms with E-state index in [9.17, 15) is 4.79 Å². The number of amides is 2. The minimum atomic E-state index is -0.826. The van der Waals surface area contributed by atoms with E-state index in [1.165, 1.54) is 0 Å². The molecule has 0 fully saturated rings. The van der Waals surface area contributed by atoms with Crippen LogP contribution in [0.4, 0.5) is 4.79 Å². The number of rotatable bonds is 5. The fourth-order valence-electron chi connectivity index (χ4n) is 1.13. The highest BCUT2D eigenvalue weighted by atomic mass is 32.2. The number of hydrogen-bond acceptors (Lipinski definition) is 5. The molecule has 0 spiro atoms. The van der Waals surface area contributed by atoms with Crippen LogP contribution in [-0.2, 0) is 0 Å². The lowest BCUT2D eigenvalue weighted by Crippen LogP contribution is -2.24. The first-order valence-electron chi connectivity index (χ1n) is 4.90. The van der Waals surface area contributed by atoms with Crippen molar-refractivity contribution in [3.05, 3.63) is 12.0 Å². The number of imidazole rings is 1. The Labute approximate surface area is 103 Å². The number of hydrogen-bond donors (Lipinski definition) is 2. The van der Waals surface area contributed by atoms with Crippen molar-refractivity contribution in [2.24, 2.45) is 5.11 Å². The van der Waals surface area contributed by atoms with E-state index in [4.69, 9.17) is 10.8 Å². The van der Waals surface area contributed by atoms with Crippen LogP contribution in [0.3, 0.4) is 0 Å². The van der Waals surface area contributed by atoms with Crippen LogP contribution in [0.5, 0.6) is 0 Å². The maximum atomic E-state index is 10.9. The van der Waals surface area contributed by atoms with Crippen molar-refractivity contribution >= 4 is 17.8 Å². The lowest BCUT2D eigenvalue weighted by atomic mass is 10.4. The smallest absolute Gasteiger partial charge is 0.348 e. The summed E-state index contributed by atoms with van der Waals surface area (Å²) in [6.45, 7) is 2.20. The summed E-state index contributed by atoms with van der Waals surface area (Å²) >= 11 is 1.56. The third-order valence-electron chi connectivity index (χ3n) is 2.00. The normalized spacial score (nSPS) is 9.65. The minimum absolute atomic E-state index is 0.272. The molecular weight excluding hydrogens is 240 g/mol. The van der Waals surface area contributed by atoms with Gasteiger partial charge in [-0.15, -0.1) is 11.8 Å². The number of nitrogens with zero attached hydrogens (tertiary/aromatic N) is 4. The predicted octanol–water partition coefficient (Wildman–Crippen LogP) is 2.13. The summed E-state index contributed by atoms with van der Waals surface area (Å²) in [5.74, 6) is 0.745. The fourth-order valence-corrected chi connectivity index (χ4v) is 2.00. The molecule has 0 unspecified atom stereocenters. The van der Waals surface area contributed by atoms with E-state index < -0.39 is 6.03 Å². The van der Waals surface area contributed by atoms with E-state index in [0.29, 0.717) is 6.42 Å². The van der Waals surface area contributed by atoms with E-state index in [2.05, 4.69) is 15.1 Å². The zero-order chi connectivity index (χ0) is 12.7. The minimum Gasteiger partial charge on any atom is -0.348 e. The average molecular weight is 252 g/mol. The molecule has 0 saturated carbocycles. The van der Waals surface area contributed by atoms with Gasteiger partial charge in [0.1, 0.15) is 5.03 Å². The molecule has 7 nitrogen and oxygen atoms in total. The van der Waals surface area contributed by atoms with Crippen LogP contribution >= 0.6 is 11.8 Å². The van der Waals surface area contributed by atoms with Gasteiger partial charge in [0.05, 0.1) is 6.33 Å². The summed E-state index contributed by atoms with van der Waals surface area (Å²) in [6.07, 6.45) is 3.97. The van der Waals surface area contributed by atoms with Crippen LogP contribution in [0.25, 0.3) is 0 Å². The summed E-state index contributed by atoms with van der Waals surface area (Å²) < 4.78 is 0. The van der Waals surface area contributed by atoms with E-state index in [-0.39, 0.29) is 6.54 Å². The molecular formula is C9H12N6OS. The molecule has 0 aliphatic heterocycles. The molecule has 1 rings (SSSR count). The number of aromatic amines is 1. The molecule has 17 heavy (non-hydrogen) atoms. The van der Waals surface area contributed by atoms with E-state index in [1.807, 2.05) is 6.92 Å². The molecule has 2 N–H and O–H groups in total.